The van der Waals surface area contributed by atoms with Gasteiger partial charge in [-0.3, -0.25) is 14.2 Å². The predicted octanol–water partition coefficient (Wildman–Crippen LogP) is 5.61. The Kier molecular flexibility index (Phi) is 6.30. The maximum Gasteiger partial charge on any atom is 0.436 e. The molecular formula is C20H17BrClF4N5O. The van der Waals surface area contributed by atoms with Crippen molar-refractivity contribution in [2.24, 2.45) is 0 Å². The van der Waals surface area contributed by atoms with Gasteiger partial charge < -0.3 is 5.32 Å². The highest BCUT2D eigenvalue weighted by molar-refractivity contribution is 9.10. The van der Waals surface area contributed by atoms with Crippen LogP contribution in [0.3, 0.4) is 0 Å². The van der Waals surface area contributed by atoms with Crippen LogP contribution in [0.1, 0.15) is 42.1 Å². The highest BCUT2D eigenvalue weighted by Gasteiger charge is 2.41. The number of aromatic nitrogens is 4. The lowest BCUT2D eigenvalue weighted by Gasteiger charge is -2.07. The van der Waals surface area contributed by atoms with Crippen LogP contribution in [0.25, 0.3) is 0 Å². The average Bonchev–Trinajstić information content (AvgIpc) is 3.40. The molecule has 32 heavy (non-hydrogen) atoms. The van der Waals surface area contributed by atoms with Gasteiger partial charge in [-0.05, 0) is 34.8 Å². The third-order valence-electron chi connectivity index (χ3n) is 4.98. The number of rotatable bonds is 7. The number of benzene rings is 1. The maximum absolute atomic E-state index is 13.8. The van der Waals surface area contributed by atoms with Crippen molar-refractivity contribution in [3.8, 4) is 0 Å². The molecule has 0 bridgehead atoms. The number of carbonyl (C=O) groups excluding carboxylic acids is 1. The summed E-state index contributed by atoms with van der Waals surface area (Å²) in [5.74, 6) is -0.780. The van der Waals surface area contributed by atoms with Crippen LogP contribution in [0.2, 0.25) is 5.02 Å². The van der Waals surface area contributed by atoms with Crippen LogP contribution in [0, 0.1) is 5.82 Å². The smallest absolute Gasteiger partial charge is 0.308 e. The van der Waals surface area contributed by atoms with Gasteiger partial charge in [-0.2, -0.15) is 23.4 Å². The Morgan fingerprint density at radius 2 is 1.97 bits per heavy atom. The van der Waals surface area contributed by atoms with Crippen molar-refractivity contribution in [2.45, 2.75) is 44.4 Å². The van der Waals surface area contributed by atoms with Crippen molar-refractivity contribution in [2.75, 3.05) is 5.32 Å². The summed E-state index contributed by atoms with van der Waals surface area (Å²) in [5.41, 5.74) is -0.131. The lowest BCUT2D eigenvalue weighted by molar-refractivity contribution is -0.142. The molecular weight excluding hydrogens is 518 g/mol. The minimum Gasteiger partial charge on any atom is -0.308 e. The van der Waals surface area contributed by atoms with Crippen LogP contribution >= 0.6 is 27.5 Å². The number of halogens is 6. The first-order chi connectivity index (χ1) is 15.1. The summed E-state index contributed by atoms with van der Waals surface area (Å²) in [5, 5.41) is 10.5. The van der Waals surface area contributed by atoms with Crippen LogP contribution in [0.5, 0.6) is 0 Å². The quantitative estimate of drug-likeness (QED) is 0.401. The summed E-state index contributed by atoms with van der Waals surface area (Å²) in [7, 11) is 0. The number of nitrogens with one attached hydrogen (secondary N) is 1. The van der Waals surface area contributed by atoms with Crippen molar-refractivity contribution >= 4 is 39.3 Å². The number of amides is 1. The van der Waals surface area contributed by atoms with E-state index in [-0.39, 0.29) is 46.6 Å². The number of alkyl halides is 3. The van der Waals surface area contributed by atoms with Gasteiger partial charge in [0.15, 0.2) is 11.5 Å². The van der Waals surface area contributed by atoms with Gasteiger partial charge in [-0.1, -0.05) is 29.8 Å². The fourth-order valence-corrected chi connectivity index (χ4v) is 4.35. The van der Waals surface area contributed by atoms with Crippen molar-refractivity contribution in [3.63, 3.8) is 0 Å². The van der Waals surface area contributed by atoms with Gasteiger partial charge in [0.2, 0.25) is 5.91 Å². The summed E-state index contributed by atoms with van der Waals surface area (Å²) in [6.07, 6.45) is -1.70. The van der Waals surface area contributed by atoms with E-state index in [9.17, 15) is 22.4 Å². The molecule has 0 spiro atoms. The SMILES string of the molecule is O=C(CCn1nc(C(F)(F)F)c(Br)c1C1CC1)Nc1nn(Cc2ccccc2F)cc1Cl. The standard InChI is InChI=1S/C20H17BrClF4N5O/c21-16-17(11-5-6-11)31(28-18(16)20(24,25)26)8-7-15(32)27-19-13(22)10-30(29-19)9-12-3-1-2-4-14(12)23/h1-4,10-11H,5-9H2,(H,27,29,32). The molecule has 1 N–H and O–H groups in total. The lowest BCUT2D eigenvalue weighted by atomic mass is 10.2. The largest absolute Gasteiger partial charge is 0.436 e. The second kappa shape index (κ2) is 8.86. The second-order valence-electron chi connectivity index (χ2n) is 7.46. The molecule has 3 aromatic rings. The molecule has 1 aliphatic rings. The molecule has 1 fully saturated rings. The van der Waals surface area contributed by atoms with E-state index in [2.05, 4.69) is 31.4 Å². The summed E-state index contributed by atoms with van der Waals surface area (Å²) in [4.78, 5) is 12.4. The molecule has 1 amide bonds. The Balaban J connectivity index is 1.42. The van der Waals surface area contributed by atoms with E-state index in [1.165, 1.54) is 21.6 Å². The van der Waals surface area contributed by atoms with E-state index in [1.807, 2.05) is 0 Å². The molecule has 170 valence electrons. The first-order valence-corrected chi connectivity index (χ1v) is 10.9. The van der Waals surface area contributed by atoms with E-state index in [0.717, 1.165) is 12.8 Å². The molecule has 0 atom stereocenters. The lowest BCUT2D eigenvalue weighted by Crippen LogP contribution is -2.17. The topological polar surface area (TPSA) is 64.7 Å². The molecule has 0 saturated heterocycles. The third-order valence-corrected chi connectivity index (χ3v) is 6.04. The number of hydrogen-bond acceptors (Lipinski definition) is 3. The highest BCUT2D eigenvalue weighted by atomic mass is 79.9. The molecule has 2 heterocycles. The molecule has 0 radical (unpaired) electrons. The summed E-state index contributed by atoms with van der Waals surface area (Å²) in [6, 6.07) is 6.21. The molecule has 12 heteroatoms. The first kappa shape index (κ1) is 22.8. The molecule has 0 aliphatic heterocycles. The monoisotopic (exact) mass is 533 g/mol. The van der Waals surface area contributed by atoms with Gasteiger partial charge in [-0.15, -0.1) is 0 Å². The molecule has 1 aliphatic carbocycles. The zero-order chi connectivity index (χ0) is 23.0. The maximum atomic E-state index is 13.8. The van der Waals surface area contributed by atoms with Crippen LogP contribution < -0.4 is 5.32 Å². The normalized spacial score (nSPS) is 14.1. The number of carbonyl (C=O) groups is 1. The molecule has 4 rings (SSSR count). The molecule has 6 nitrogen and oxygen atoms in total. The van der Waals surface area contributed by atoms with E-state index in [1.54, 1.807) is 18.2 Å². The summed E-state index contributed by atoms with van der Waals surface area (Å²) in [6.45, 7) is 0.0917. The van der Waals surface area contributed by atoms with E-state index in [0.29, 0.717) is 11.3 Å². The van der Waals surface area contributed by atoms with Crippen molar-refractivity contribution in [3.05, 3.63) is 62.7 Å². The zero-order valence-corrected chi connectivity index (χ0v) is 18.8. The Morgan fingerprint density at radius 1 is 1.25 bits per heavy atom. The fraction of sp³-hybridized carbons (Fsp3) is 0.350. The van der Waals surface area contributed by atoms with Crippen LogP contribution in [-0.2, 0) is 24.1 Å². The van der Waals surface area contributed by atoms with Crippen LogP contribution in [-0.4, -0.2) is 25.5 Å². The van der Waals surface area contributed by atoms with E-state index in [4.69, 9.17) is 11.6 Å². The average molecular weight is 535 g/mol. The fourth-order valence-electron chi connectivity index (χ4n) is 3.32. The van der Waals surface area contributed by atoms with Crippen molar-refractivity contribution in [1.82, 2.24) is 19.6 Å². The number of anilines is 1. The van der Waals surface area contributed by atoms with Crippen molar-refractivity contribution in [1.29, 1.82) is 0 Å². The molecule has 1 aromatic carbocycles. The molecule has 2 aromatic heterocycles. The van der Waals surface area contributed by atoms with E-state index < -0.39 is 17.8 Å². The minimum atomic E-state index is -4.59. The molecule has 0 unspecified atom stereocenters. The second-order valence-corrected chi connectivity index (χ2v) is 8.66. The van der Waals surface area contributed by atoms with Gasteiger partial charge in [0.25, 0.3) is 0 Å². The van der Waals surface area contributed by atoms with Gasteiger partial charge in [-0.25, -0.2) is 4.39 Å². The van der Waals surface area contributed by atoms with Gasteiger partial charge >= 0.3 is 6.18 Å². The number of aryl methyl sites for hydroxylation is 1. The van der Waals surface area contributed by atoms with Gasteiger partial charge in [0.05, 0.1) is 23.3 Å². The zero-order valence-electron chi connectivity index (χ0n) is 16.5. The predicted molar refractivity (Wildman–Crippen MR) is 113 cm³/mol. The molecule has 1 saturated carbocycles. The summed E-state index contributed by atoms with van der Waals surface area (Å²) < 4.78 is 56.0. The van der Waals surface area contributed by atoms with Gasteiger partial charge in [0, 0.05) is 24.1 Å². The van der Waals surface area contributed by atoms with Gasteiger partial charge in [0.1, 0.15) is 10.8 Å². The van der Waals surface area contributed by atoms with Crippen LogP contribution in [0.15, 0.2) is 34.9 Å². The van der Waals surface area contributed by atoms with E-state index >= 15 is 0 Å². The number of hydrogen-bond donors (Lipinski definition) is 1. The highest BCUT2D eigenvalue weighted by Crippen LogP contribution is 2.47. The number of nitrogens with zero attached hydrogens (tertiary/aromatic N) is 4. The minimum absolute atomic E-state index is 0.000406. The van der Waals surface area contributed by atoms with Crippen molar-refractivity contribution < 1.29 is 22.4 Å². The Hall–Kier alpha value is -2.40. The third kappa shape index (κ3) is 4.98. The van der Waals surface area contributed by atoms with Crippen LogP contribution in [0.4, 0.5) is 23.4 Å². The Morgan fingerprint density at radius 3 is 2.62 bits per heavy atom. The Labute approximate surface area is 193 Å². The summed E-state index contributed by atoms with van der Waals surface area (Å²) >= 11 is 9.14. The first-order valence-electron chi connectivity index (χ1n) is 9.73. The Bertz CT molecular complexity index is 1160.